The van der Waals surface area contributed by atoms with E-state index in [2.05, 4.69) is 10.6 Å². The highest BCUT2D eigenvalue weighted by Gasteiger charge is 2.24. The van der Waals surface area contributed by atoms with E-state index in [1.54, 1.807) is 24.3 Å². The van der Waals surface area contributed by atoms with Crippen LogP contribution in [0.3, 0.4) is 0 Å². The van der Waals surface area contributed by atoms with Crippen molar-refractivity contribution in [2.24, 2.45) is 5.92 Å². The minimum absolute atomic E-state index is 0.218. The number of para-hydroxylation sites is 1. The van der Waals surface area contributed by atoms with Crippen LogP contribution < -0.4 is 10.6 Å². The van der Waals surface area contributed by atoms with Crippen LogP contribution in [0.25, 0.3) is 0 Å². The molecule has 0 aromatic heterocycles. The monoisotopic (exact) mass is 306 g/mol. The van der Waals surface area contributed by atoms with Crippen LogP contribution in [0.1, 0.15) is 37.6 Å². The zero-order valence-electron chi connectivity index (χ0n) is 13.3. The van der Waals surface area contributed by atoms with Crippen molar-refractivity contribution in [3.63, 3.8) is 0 Å². The van der Waals surface area contributed by atoms with Crippen LogP contribution in [0, 0.1) is 5.92 Å². The predicted molar refractivity (Wildman–Crippen MR) is 83.5 cm³/mol. The van der Waals surface area contributed by atoms with Crippen molar-refractivity contribution >= 4 is 23.5 Å². The summed E-state index contributed by atoms with van der Waals surface area (Å²) in [5.41, 5.74) is 0.705. The summed E-state index contributed by atoms with van der Waals surface area (Å²) < 4.78 is 4.72. The maximum Gasteiger partial charge on any atom is 0.328 e. The maximum absolute atomic E-state index is 12.4. The Morgan fingerprint density at radius 1 is 1.18 bits per heavy atom. The molecule has 6 heteroatoms. The summed E-state index contributed by atoms with van der Waals surface area (Å²) in [4.78, 5) is 35.4. The molecule has 0 heterocycles. The van der Waals surface area contributed by atoms with Gasteiger partial charge in [0.15, 0.2) is 0 Å². The Balaban J connectivity index is 2.94. The summed E-state index contributed by atoms with van der Waals surface area (Å²) in [6, 6.07) is 5.91. The van der Waals surface area contributed by atoms with Gasteiger partial charge in [0.1, 0.15) is 6.04 Å². The van der Waals surface area contributed by atoms with Gasteiger partial charge in [0, 0.05) is 6.92 Å². The second kappa shape index (κ2) is 8.17. The minimum Gasteiger partial charge on any atom is -0.467 e. The first-order valence-electron chi connectivity index (χ1n) is 7.10. The van der Waals surface area contributed by atoms with E-state index in [9.17, 15) is 14.4 Å². The van der Waals surface area contributed by atoms with E-state index in [0.29, 0.717) is 17.7 Å². The first-order chi connectivity index (χ1) is 10.3. The third kappa shape index (κ3) is 5.20. The van der Waals surface area contributed by atoms with Gasteiger partial charge < -0.3 is 15.4 Å². The van der Waals surface area contributed by atoms with Gasteiger partial charge in [-0.2, -0.15) is 0 Å². The second-order valence-electron chi connectivity index (χ2n) is 5.41. The first kappa shape index (κ1) is 17.7. The normalized spacial score (nSPS) is 11.7. The van der Waals surface area contributed by atoms with Gasteiger partial charge in [-0.25, -0.2) is 4.79 Å². The molecule has 1 atom stereocenters. The molecule has 0 aliphatic carbocycles. The summed E-state index contributed by atoms with van der Waals surface area (Å²) in [5, 5.41) is 5.26. The van der Waals surface area contributed by atoms with Gasteiger partial charge in [-0.05, 0) is 24.5 Å². The van der Waals surface area contributed by atoms with Crippen molar-refractivity contribution in [3.05, 3.63) is 29.8 Å². The number of hydrogen-bond acceptors (Lipinski definition) is 4. The zero-order chi connectivity index (χ0) is 16.7. The highest BCUT2D eigenvalue weighted by atomic mass is 16.5. The van der Waals surface area contributed by atoms with Crippen LogP contribution >= 0.6 is 0 Å². The van der Waals surface area contributed by atoms with Gasteiger partial charge in [0.2, 0.25) is 5.91 Å². The number of hydrogen-bond donors (Lipinski definition) is 2. The molecule has 0 radical (unpaired) electrons. The van der Waals surface area contributed by atoms with Crippen molar-refractivity contribution in [3.8, 4) is 0 Å². The summed E-state index contributed by atoms with van der Waals surface area (Å²) >= 11 is 0. The van der Waals surface area contributed by atoms with Gasteiger partial charge in [-0.1, -0.05) is 26.0 Å². The molecule has 1 rings (SSSR count). The third-order valence-electron chi connectivity index (χ3n) is 2.98. The first-order valence-corrected chi connectivity index (χ1v) is 7.10. The molecule has 0 spiro atoms. The lowest BCUT2D eigenvalue weighted by Gasteiger charge is -2.19. The van der Waals surface area contributed by atoms with Crippen molar-refractivity contribution in [1.29, 1.82) is 0 Å². The summed E-state index contributed by atoms with van der Waals surface area (Å²) in [7, 11) is 1.28. The average Bonchev–Trinajstić information content (AvgIpc) is 2.45. The second-order valence-corrected chi connectivity index (χ2v) is 5.41. The molecule has 2 N–H and O–H groups in total. The summed E-state index contributed by atoms with van der Waals surface area (Å²) in [6.45, 7) is 5.27. The van der Waals surface area contributed by atoms with Crippen molar-refractivity contribution in [2.45, 2.75) is 33.2 Å². The Morgan fingerprint density at radius 2 is 1.82 bits per heavy atom. The summed E-state index contributed by atoms with van der Waals surface area (Å²) in [5.74, 6) is -0.971. The average molecular weight is 306 g/mol. The van der Waals surface area contributed by atoms with E-state index in [0.717, 1.165) is 0 Å². The molecule has 0 saturated carbocycles. The SMILES string of the molecule is COC(=O)[C@H](CC(C)C)NC(=O)c1ccccc1NC(C)=O. The van der Waals surface area contributed by atoms with E-state index in [-0.39, 0.29) is 11.8 Å². The Morgan fingerprint density at radius 3 is 2.36 bits per heavy atom. The van der Waals surface area contributed by atoms with E-state index in [1.807, 2.05) is 13.8 Å². The largest absolute Gasteiger partial charge is 0.467 e. The lowest BCUT2D eigenvalue weighted by molar-refractivity contribution is -0.143. The molecule has 0 aliphatic rings. The molecule has 6 nitrogen and oxygen atoms in total. The number of esters is 1. The number of benzene rings is 1. The van der Waals surface area contributed by atoms with Crippen molar-refractivity contribution in [1.82, 2.24) is 5.32 Å². The van der Waals surface area contributed by atoms with Crippen molar-refractivity contribution in [2.75, 3.05) is 12.4 Å². The van der Waals surface area contributed by atoms with Gasteiger partial charge in [-0.3, -0.25) is 9.59 Å². The fraction of sp³-hybridized carbons (Fsp3) is 0.438. The van der Waals surface area contributed by atoms with E-state index in [1.165, 1.54) is 14.0 Å². The highest BCUT2D eigenvalue weighted by Crippen LogP contribution is 2.16. The van der Waals surface area contributed by atoms with Gasteiger partial charge in [0.25, 0.3) is 5.91 Å². The standard InChI is InChI=1S/C16H22N2O4/c1-10(2)9-14(16(21)22-4)18-15(20)12-7-5-6-8-13(12)17-11(3)19/h5-8,10,14H,9H2,1-4H3,(H,17,19)(H,18,20)/t14-/m0/s1. The lowest BCUT2D eigenvalue weighted by Crippen LogP contribution is -2.42. The maximum atomic E-state index is 12.4. The van der Waals surface area contributed by atoms with Gasteiger partial charge in [-0.15, -0.1) is 0 Å². The molecule has 0 unspecified atom stereocenters. The number of rotatable bonds is 6. The topological polar surface area (TPSA) is 84.5 Å². The number of carbonyl (C=O) groups is 3. The number of carbonyl (C=O) groups excluding carboxylic acids is 3. The van der Waals surface area contributed by atoms with E-state index < -0.39 is 17.9 Å². The highest BCUT2D eigenvalue weighted by molar-refractivity contribution is 6.04. The van der Waals surface area contributed by atoms with Crippen LogP contribution in [-0.4, -0.2) is 30.9 Å². The molecule has 1 aromatic carbocycles. The van der Waals surface area contributed by atoms with E-state index >= 15 is 0 Å². The summed E-state index contributed by atoms with van der Waals surface area (Å²) in [6.07, 6.45) is 0.473. The molecule has 2 amide bonds. The van der Waals surface area contributed by atoms with Crippen LogP contribution in [-0.2, 0) is 14.3 Å². The minimum atomic E-state index is -0.720. The zero-order valence-corrected chi connectivity index (χ0v) is 13.3. The Labute approximate surface area is 130 Å². The fourth-order valence-electron chi connectivity index (χ4n) is 2.04. The smallest absolute Gasteiger partial charge is 0.328 e. The molecule has 0 bridgehead atoms. The molecule has 0 saturated heterocycles. The predicted octanol–water partition coefficient (Wildman–Crippen LogP) is 1.96. The van der Waals surface area contributed by atoms with Crippen LogP contribution in [0.5, 0.6) is 0 Å². The molecule has 0 fully saturated rings. The molecule has 1 aromatic rings. The fourth-order valence-corrected chi connectivity index (χ4v) is 2.04. The third-order valence-corrected chi connectivity index (χ3v) is 2.98. The molecule has 0 aliphatic heterocycles. The molecular weight excluding hydrogens is 284 g/mol. The van der Waals surface area contributed by atoms with Crippen molar-refractivity contribution < 1.29 is 19.1 Å². The Bertz CT molecular complexity index is 555. The number of ether oxygens (including phenoxy) is 1. The lowest BCUT2D eigenvalue weighted by atomic mass is 10.0. The van der Waals surface area contributed by atoms with Gasteiger partial charge >= 0.3 is 5.97 Å². The van der Waals surface area contributed by atoms with Crippen LogP contribution in [0.2, 0.25) is 0 Å². The number of nitrogens with one attached hydrogen (secondary N) is 2. The number of anilines is 1. The quantitative estimate of drug-likeness (QED) is 0.787. The van der Waals surface area contributed by atoms with Crippen LogP contribution in [0.15, 0.2) is 24.3 Å². The van der Waals surface area contributed by atoms with Gasteiger partial charge in [0.05, 0.1) is 18.4 Å². The number of amides is 2. The Hall–Kier alpha value is -2.37. The van der Waals surface area contributed by atoms with E-state index in [4.69, 9.17) is 4.74 Å². The number of methoxy groups -OCH3 is 1. The Kier molecular flexibility index (Phi) is 6.56. The molecule has 120 valence electrons. The molecule has 22 heavy (non-hydrogen) atoms. The molecular formula is C16H22N2O4. The van der Waals surface area contributed by atoms with Crippen LogP contribution in [0.4, 0.5) is 5.69 Å².